The van der Waals surface area contributed by atoms with Crippen molar-refractivity contribution in [2.45, 2.75) is 25.0 Å². The molecule has 1 aliphatic heterocycles. The topological polar surface area (TPSA) is 61.8 Å². The highest BCUT2D eigenvalue weighted by Gasteiger charge is 2.42. The van der Waals surface area contributed by atoms with Crippen LogP contribution in [0.5, 0.6) is 11.5 Å². The minimum absolute atomic E-state index is 0.0417. The first-order chi connectivity index (χ1) is 11.6. The van der Waals surface area contributed by atoms with Crippen molar-refractivity contribution in [3.8, 4) is 11.5 Å². The molecule has 2 aromatic carbocycles. The van der Waals surface area contributed by atoms with Gasteiger partial charge in [-0.15, -0.1) is 0 Å². The molecule has 0 unspecified atom stereocenters. The molecule has 2 aliphatic rings. The summed E-state index contributed by atoms with van der Waals surface area (Å²) < 4.78 is 5.80. The largest absolute Gasteiger partial charge is 0.503 e. The Morgan fingerprint density at radius 1 is 1.29 bits per heavy atom. The Morgan fingerprint density at radius 2 is 2.04 bits per heavy atom. The number of methoxy groups -OCH3 is 1. The number of aromatic hydroxyl groups is 1. The second-order valence-corrected chi connectivity index (χ2v) is 6.94. The van der Waals surface area contributed by atoms with E-state index in [2.05, 4.69) is 21.2 Å². The van der Waals surface area contributed by atoms with Crippen LogP contribution in [0, 0.1) is 0 Å². The van der Waals surface area contributed by atoms with Gasteiger partial charge in [0.25, 0.3) is 5.91 Å². The van der Waals surface area contributed by atoms with E-state index in [1.54, 1.807) is 6.07 Å². The Balaban J connectivity index is 1.82. The van der Waals surface area contributed by atoms with E-state index in [1.165, 1.54) is 7.11 Å². The summed E-state index contributed by atoms with van der Waals surface area (Å²) in [5.41, 5.74) is 2.39. The monoisotopic (exact) mass is 388 g/mol. The molecule has 0 bridgehead atoms. The second kappa shape index (κ2) is 5.70. The highest BCUT2D eigenvalue weighted by Crippen LogP contribution is 2.44. The second-order valence-electron chi connectivity index (χ2n) is 6.09. The van der Waals surface area contributed by atoms with Gasteiger partial charge in [0.15, 0.2) is 11.5 Å². The molecule has 4 rings (SSSR count). The standard InChI is InChI=1S/C18H17BrN2O3/c1-24-15-9-10(8-13(19)16(15)22)17-20-14-5-3-2-4-12(14)18(23)21(17)11-6-7-11/h2-5,8-9,11,17,20,22H,6-7H2,1H3/t17-/m1/s1. The molecule has 0 spiro atoms. The minimum Gasteiger partial charge on any atom is -0.503 e. The molecule has 2 N–H and O–H groups in total. The molecule has 1 saturated carbocycles. The van der Waals surface area contributed by atoms with E-state index in [-0.39, 0.29) is 23.9 Å². The van der Waals surface area contributed by atoms with Gasteiger partial charge in [-0.2, -0.15) is 0 Å². The highest BCUT2D eigenvalue weighted by atomic mass is 79.9. The van der Waals surface area contributed by atoms with Crippen molar-refractivity contribution in [3.05, 3.63) is 52.0 Å². The highest BCUT2D eigenvalue weighted by molar-refractivity contribution is 9.10. The summed E-state index contributed by atoms with van der Waals surface area (Å²) in [6.07, 6.45) is 1.75. The zero-order chi connectivity index (χ0) is 16.8. The van der Waals surface area contributed by atoms with Crippen LogP contribution in [0.2, 0.25) is 0 Å². The van der Waals surface area contributed by atoms with Gasteiger partial charge in [0.2, 0.25) is 0 Å². The molecule has 1 heterocycles. The lowest BCUT2D eigenvalue weighted by Gasteiger charge is -2.38. The molecule has 1 fully saturated rings. The van der Waals surface area contributed by atoms with Crippen LogP contribution in [-0.2, 0) is 0 Å². The number of nitrogens with one attached hydrogen (secondary N) is 1. The number of phenolic OH excluding ortho intramolecular Hbond substituents is 1. The van der Waals surface area contributed by atoms with E-state index in [9.17, 15) is 9.90 Å². The number of rotatable bonds is 3. The van der Waals surface area contributed by atoms with Crippen LogP contribution in [0.15, 0.2) is 40.9 Å². The average molecular weight is 389 g/mol. The molecule has 6 heteroatoms. The van der Waals surface area contributed by atoms with Crippen molar-refractivity contribution < 1.29 is 14.6 Å². The molecule has 0 aromatic heterocycles. The van der Waals surface area contributed by atoms with Gasteiger partial charge in [0.1, 0.15) is 6.17 Å². The lowest BCUT2D eigenvalue weighted by atomic mass is 10.0. The number of nitrogens with zero attached hydrogens (tertiary/aromatic N) is 1. The van der Waals surface area contributed by atoms with Crippen LogP contribution >= 0.6 is 15.9 Å². The van der Waals surface area contributed by atoms with E-state index < -0.39 is 0 Å². The fourth-order valence-electron chi connectivity index (χ4n) is 3.15. The number of halogens is 1. The summed E-state index contributed by atoms with van der Waals surface area (Å²) in [4.78, 5) is 14.9. The average Bonchev–Trinajstić information content (AvgIpc) is 3.42. The van der Waals surface area contributed by atoms with Crippen molar-refractivity contribution in [1.82, 2.24) is 4.90 Å². The number of anilines is 1. The summed E-state index contributed by atoms with van der Waals surface area (Å²) in [6.45, 7) is 0. The van der Waals surface area contributed by atoms with Gasteiger partial charge >= 0.3 is 0 Å². The number of carbonyl (C=O) groups excluding carboxylic acids is 1. The summed E-state index contributed by atoms with van der Waals surface area (Å²) in [5, 5.41) is 13.5. The number of hydrogen-bond donors (Lipinski definition) is 2. The predicted molar refractivity (Wildman–Crippen MR) is 94.4 cm³/mol. The Bertz CT molecular complexity index is 820. The zero-order valence-electron chi connectivity index (χ0n) is 13.1. The van der Waals surface area contributed by atoms with Crippen molar-refractivity contribution in [2.75, 3.05) is 12.4 Å². The maximum atomic E-state index is 13.0. The fourth-order valence-corrected chi connectivity index (χ4v) is 3.61. The Morgan fingerprint density at radius 3 is 2.75 bits per heavy atom. The van der Waals surface area contributed by atoms with Crippen LogP contribution in [0.4, 0.5) is 5.69 Å². The lowest BCUT2D eigenvalue weighted by molar-refractivity contribution is 0.0666. The van der Waals surface area contributed by atoms with Gasteiger partial charge in [-0.1, -0.05) is 12.1 Å². The number of phenols is 1. The molecule has 2 aromatic rings. The molecular formula is C18H17BrN2O3. The molecule has 0 saturated heterocycles. The fraction of sp³-hybridized carbons (Fsp3) is 0.278. The van der Waals surface area contributed by atoms with Gasteiger partial charge in [0.05, 0.1) is 17.1 Å². The van der Waals surface area contributed by atoms with E-state index in [4.69, 9.17) is 4.74 Å². The Labute approximate surface area is 148 Å². The first-order valence-corrected chi connectivity index (χ1v) is 8.64. The summed E-state index contributed by atoms with van der Waals surface area (Å²) in [7, 11) is 1.51. The predicted octanol–water partition coefficient (Wildman–Crippen LogP) is 3.89. The number of ether oxygens (including phenoxy) is 1. The first kappa shape index (κ1) is 15.3. The summed E-state index contributed by atoms with van der Waals surface area (Å²) in [6, 6.07) is 11.4. The number of fused-ring (bicyclic) bond motifs is 1. The Kier molecular flexibility index (Phi) is 3.64. The molecule has 1 aliphatic carbocycles. The number of amides is 1. The van der Waals surface area contributed by atoms with E-state index in [0.717, 1.165) is 24.1 Å². The molecule has 24 heavy (non-hydrogen) atoms. The van der Waals surface area contributed by atoms with Crippen molar-refractivity contribution in [1.29, 1.82) is 0 Å². The van der Waals surface area contributed by atoms with E-state index in [1.807, 2.05) is 35.2 Å². The third kappa shape index (κ3) is 2.41. The van der Waals surface area contributed by atoms with Crippen LogP contribution in [-0.4, -0.2) is 29.1 Å². The van der Waals surface area contributed by atoms with Crippen molar-refractivity contribution in [3.63, 3.8) is 0 Å². The maximum Gasteiger partial charge on any atom is 0.258 e. The smallest absolute Gasteiger partial charge is 0.258 e. The van der Waals surface area contributed by atoms with Crippen LogP contribution in [0.25, 0.3) is 0 Å². The number of benzene rings is 2. The minimum atomic E-state index is -0.286. The zero-order valence-corrected chi connectivity index (χ0v) is 14.7. The first-order valence-electron chi connectivity index (χ1n) is 7.84. The van der Waals surface area contributed by atoms with Crippen LogP contribution in [0.3, 0.4) is 0 Å². The van der Waals surface area contributed by atoms with Gasteiger partial charge in [-0.25, -0.2) is 0 Å². The molecule has 1 amide bonds. The van der Waals surface area contributed by atoms with Crippen molar-refractivity contribution in [2.24, 2.45) is 0 Å². The maximum absolute atomic E-state index is 13.0. The van der Waals surface area contributed by atoms with Crippen LogP contribution in [0.1, 0.15) is 34.9 Å². The van der Waals surface area contributed by atoms with Gasteiger partial charge in [0, 0.05) is 11.7 Å². The van der Waals surface area contributed by atoms with E-state index >= 15 is 0 Å². The summed E-state index contributed by atoms with van der Waals surface area (Å²) in [5.74, 6) is 0.477. The third-order valence-electron chi connectivity index (χ3n) is 4.49. The Hall–Kier alpha value is -2.21. The van der Waals surface area contributed by atoms with Crippen molar-refractivity contribution >= 4 is 27.5 Å². The lowest BCUT2D eigenvalue weighted by Crippen LogP contribution is -2.44. The number of para-hydroxylation sites is 1. The van der Waals surface area contributed by atoms with Crippen LogP contribution < -0.4 is 10.1 Å². The molecule has 1 atom stereocenters. The SMILES string of the molecule is COc1cc([C@@H]2Nc3ccccc3C(=O)N2C2CC2)cc(Br)c1O. The number of carbonyl (C=O) groups is 1. The molecule has 124 valence electrons. The van der Waals surface area contributed by atoms with Gasteiger partial charge in [-0.3, -0.25) is 4.79 Å². The normalized spacial score (nSPS) is 19.7. The summed E-state index contributed by atoms with van der Waals surface area (Å²) >= 11 is 3.36. The molecular weight excluding hydrogens is 372 g/mol. The van der Waals surface area contributed by atoms with Gasteiger partial charge < -0.3 is 20.1 Å². The molecule has 5 nitrogen and oxygen atoms in total. The number of hydrogen-bond acceptors (Lipinski definition) is 4. The quantitative estimate of drug-likeness (QED) is 0.836. The molecule has 0 radical (unpaired) electrons. The van der Waals surface area contributed by atoms with E-state index in [0.29, 0.717) is 15.8 Å². The van der Waals surface area contributed by atoms with Gasteiger partial charge in [-0.05, 0) is 58.6 Å². The third-order valence-corrected chi connectivity index (χ3v) is 5.09.